The minimum Gasteiger partial charge on any atom is -0.350 e. The highest BCUT2D eigenvalue weighted by Crippen LogP contribution is 2.29. The van der Waals surface area contributed by atoms with Crippen molar-refractivity contribution in [2.75, 3.05) is 5.32 Å². The van der Waals surface area contributed by atoms with Crippen molar-refractivity contribution in [2.45, 2.75) is 10.8 Å². The van der Waals surface area contributed by atoms with Crippen LogP contribution in [0.25, 0.3) is 10.2 Å². The van der Waals surface area contributed by atoms with Crippen LogP contribution in [0.3, 0.4) is 0 Å². The van der Waals surface area contributed by atoms with Gasteiger partial charge in [0, 0.05) is 12.1 Å². The summed E-state index contributed by atoms with van der Waals surface area (Å²) in [5.41, 5.74) is 3.16. The molecule has 1 heterocycles. The van der Waals surface area contributed by atoms with Gasteiger partial charge in [-0.1, -0.05) is 42.5 Å². The number of nitrogens with two attached hydrogens (primary N) is 1. The molecule has 0 atom stereocenters. The zero-order chi connectivity index (χ0) is 14.7. The van der Waals surface area contributed by atoms with Crippen LogP contribution in [0.4, 0.5) is 5.69 Å². The molecule has 0 unspecified atom stereocenters. The fraction of sp³-hybridized carbons (Fsp3) is 0.0667. The maximum Gasteiger partial charge on any atom is 0.165 e. The third kappa shape index (κ3) is 3.59. The summed E-state index contributed by atoms with van der Waals surface area (Å²) in [5, 5.41) is 8.83. The number of aromatic nitrogens is 1. The molecule has 0 aliphatic rings. The van der Waals surface area contributed by atoms with Crippen molar-refractivity contribution in [2.24, 2.45) is 5.14 Å². The highest BCUT2D eigenvalue weighted by molar-refractivity contribution is 7.99. The first kappa shape index (κ1) is 14.5. The zero-order valence-corrected chi connectivity index (χ0v) is 13.5. The summed E-state index contributed by atoms with van der Waals surface area (Å²) < 4.78 is 1.98. The van der Waals surface area contributed by atoms with Crippen molar-refractivity contribution in [3.8, 4) is 0 Å². The van der Waals surface area contributed by atoms with Gasteiger partial charge in [0.15, 0.2) is 4.34 Å². The third-order valence-corrected chi connectivity index (χ3v) is 4.85. The number of thiazole rings is 1. The quantitative estimate of drug-likeness (QED) is 0.553. The molecule has 3 aromatic rings. The highest BCUT2D eigenvalue weighted by atomic mass is 32.2. The van der Waals surface area contributed by atoms with Crippen LogP contribution in [0.15, 0.2) is 52.9 Å². The van der Waals surface area contributed by atoms with Crippen LogP contribution in [-0.2, 0) is 6.42 Å². The van der Waals surface area contributed by atoms with E-state index in [0.29, 0.717) is 0 Å². The lowest BCUT2D eigenvalue weighted by molar-refractivity contribution is 1.30. The van der Waals surface area contributed by atoms with Crippen molar-refractivity contribution in [1.29, 1.82) is 0 Å². The number of fused-ring (bicyclic) bond motifs is 1. The molecule has 0 radical (unpaired) electrons. The average molecular weight is 331 g/mol. The Hall–Kier alpha value is -1.47. The first-order valence-corrected chi connectivity index (χ1v) is 8.46. The number of nitrogens with one attached hydrogen (secondary N) is 1. The molecular formula is C15H13N3S3. The van der Waals surface area contributed by atoms with E-state index in [0.717, 1.165) is 31.7 Å². The Kier molecular flexibility index (Phi) is 4.50. The molecule has 0 saturated carbocycles. The predicted molar refractivity (Wildman–Crippen MR) is 96.0 cm³/mol. The molecule has 3 nitrogen and oxygen atoms in total. The van der Waals surface area contributed by atoms with Crippen LogP contribution in [0.2, 0.25) is 0 Å². The van der Waals surface area contributed by atoms with Crippen molar-refractivity contribution in [1.82, 2.24) is 4.98 Å². The van der Waals surface area contributed by atoms with Gasteiger partial charge in [0.1, 0.15) is 0 Å². The summed E-state index contributed by atoms with van der Waals surface area (Å²) in [6, 6.07) is 16.2. The fourth-order valence-electron chi connectivity index (χ4n) is 2.02. The van der Waals surface area contributed by atoms with Gasteiger partial charge in [-0.15, -0.1) is 11.3 Å². The fourth-order valence-corrected chi connectivity index (χ4v) is 3.65. The normalized spacial score (nSPS) is 10.7. The summed E-state index contributed by atoms with van der Waals surface area (Å²) in [7, 11) is 0. The first-order valence-electron chi connectivity index (χ1n) is 6.36. The molecule has 0 aliphatic carbocycles. The Morgan fingerprint density at radius 1 is 1.24 bits per heavy atom. The molecule has 1 aromatic heterocycles. The summed E-state index contributed by atoms with van der Waals surface area (Å²) in [5.74, 6) is 0. The molecule has 0 fully saturated rings. The van der Waals surface area contributed by atoms with E-state index in [4.69, 9.17) is 17.4 Å². The van der Waals surface area contributed by atoms with Crippen LogP contribution in [0, 0.1) is 0 Å². The number of thiocarbonyl (C=S) groups is 1. The summed E-state index contributed by atoms with van der Waals surface area (Å²) >= 11 is 8.18. The maximum absolute atomic E-state index is 5.55. The third-order valence-electron chi connectivity index (χ3n) is 2.96. The van der Waals surface area contributed by atoms with Crippen LogP contribution < -0.4 is 10.5 Å². The smallest absolute Gasteiger partial charge is 0.165 e. The Labute approximate surface area is 136 Å². The van der Waals surface area contributed by atoms with E-state index in [1.54, 1.807) is 11.3 Å². The Bertz CT molecular complexity index is 768. The molecule has 106 valence electrons. The van der Waals surface area contributed by atoms with Gasteiger partial charge in [-0.2, -0.15) is 0 Å². The molecule has 0 amide bonds. The molecule has 0 saturated heterocycles. The summed E-state index contributed by atoms with van der Waals surface area (Å²) in [6.45, 7) is 0. The number of nitrogens with zero attached hydrogens (tertiary/aromatic N) is 1. The van der Waals surface area contributed by atoms with E-state index < -0.39 is 0 Å². The Balaban J connectivity index is 1.73. The van der Waals surface area contributed by atoms with Gasteiger partial charge in [-0.25, -0.2) is 4.98 Å². The molecule has 2 aromatic carbocycles. The lowest BCUT2D eigenvalue weighted by Crippen LogP contribution is -2.11. The first-order chi connectivity index (χ1) is 10.2. The molecule has 0 spiro atoms. The Morgan fingerprint density at radius 3 is 2.81 bits per heavy atom. The maximum atomic E-state index is 5.55. The van der Waals surface area contributed by atoms with Crippen molar-refractivity contribution < 1.29 is 0 Å². The second kappa shape index (κ2) is 6.53. The van der Waals surface area contributed by atoms with Crippen LogP contribution in [0.1, 0.15) is 5.56 Å². The number of hydrogen-bond acceptors (Lipinski definition) is 5. The predicted octanol–water partition coefficient (Wildman–Crippen LogP) is 4.24. The van der Waals surface area contributed by atoms with Crippen molar-refractivity contribution in [3.63, 3.8) is 0 Å². The van der Waals surface area contributed by atoms with E-state index in [9.17, 15) is 0 Å². The van der Waals surface area contributed by atoms with Gasteiger partial charge in [0.05, 0.1) is 15.2 Å². The number of benzene rings is 2. The van der Waals surface area contributed by atoms with Gasteiger partial charge >= 0.3 is 0 Å². The largest absolute Gasteiger partial charge is 0.350 e. The van der Waals surface area contributed by atoms with E-state index in [1.165, 1.54) is 17.5 Å². The van der Waals surface area contributed by atoms with Gasteiger partial charge in [-0.05, 0) is 35.7 Å². The van der Waals surface area contributed by atoms with Gasteiger partial charge in [0.25, 0.3) is 0 Å². The van der Waals surface area contributed by atoms with E-state index in [2.05, 4.69) is 28.5 Å². The van der Waals surface area contributed by atoms with Crippen LogP contribution in [0.5, 0.6) is 0 Å². The number of rotatable bonds is 4. The standard InChI is InChI=1S/C15H13N3S3/c16-21-15-18-12-7-6-11(9-13(12)20-15)17-14(19)8-10-4-2-1-3-5-10/h1-7,9H,8,16H2,(H,17,19). The molecular weight excluding hydrogens is 318 g/mol. The van der Waals surface area contributed by atoms with Gasteiger partial charge < -0.3 is 5.32 Å². The number of anilines is 1. The number of hydrogen-bond donors (Lipinski definition) is 2. The monoisotopic (exact) mass is 331 g/mol. The van der Waals surface area contributed by atoms with E-state index in [1.807, 2.05) is 30.3 Å². The lowest BCUT2D eigenvalue weighted by Gasteiger charge is -2.08. The highest BCUT2D eigenvalue weighted by Gasteiger charge is 2.05. The van der Waals surface area contributed by atoms with E-state index in [-0.39, 0.29) is 0 Å². The molecule has 0 aliphatic heterocycles. The zero-order valence-electron chi connectivity index (χ0n) is 11.1. The minimum absolute atomic E-state index is 0.737. The minimum atomic E-state index is 0.737. The molecule has 3 rings (SSSR count). The molecule has 3 N–H and O–H groups in total. The second-order valence-corrected chi connectivity index (χ2v) is 6.89. The van der Waals surface area contributed by atoms with E-state index >= 15 is 0 Å². The van der Waals surface area contributed by atoms with Gasteiger partial charge in [0.2, 0.25) is 0 Å². The summed E-state index contributed by atoms with van der Waals surface area (Å²) in [6.07, 6.45) is 0.737. The average Bonchev–Trinajstić information content (AvgIpc) is 2.90. The Morgan fingerprint density at radius 2 is 2.05 bits per heavy atom. The lowest BCUT2D eigenvalue weighted by atomic mass is 10.1. The summed E-state index contributed by atoms with van der Waals surface area (Å²) in [4.78, 5) is 5.22. The second-order valence-electron chi connectivity index (χ2n) is 4.49. The van der Waals surface area contributed by atoms with Crippen LogP contribution >= 0.6 is 35.5 Å². The van der Waals surface area contributed by atoms with Crippen molar-refractivity contribution >= 4 is 56.4 Å². The SMILES string of the molecule is NSc1nc2ccc(NC(=S)Cc3ccccc3)cc2s1. The van der Waals surface area contributed by atoms with Crippen LogP contribution in [-0.4, -0.2) is 9.97 Å². The molecule has 6 heteroatoms. The molecule has 21 heavy (non-hydrogen) atoms. The van der Waals surface area contributed by atoms with Crippen molar-refractivity contribution in [3.05, 3.63) is 54.1 Å². The molecule has 0 bridgehead atoms. The van der Waals surface area contributed by atoms with Gasteiger partial charge in [-0.3, -0.25) is 5.14 Å². The topological polar surface area (TPSA) is 50.9 Å².